The highest BCUT2D eigenvalue weighted by molar-refractivity contribution is 5.85. The maximum atomic E-state index is 10.5. The first-order chi connectivity index (χ1) is 5.70. The minimum Gasteiger partial charge on any atom is -0.478 e. The molecule has 0 aliphatic carbocycles. The van der Waals surface area contributed by atoms with Crippen molar-refractivity contribution < 1.29 is 14.6 Å². The standard InChI is InChI=1S/C9H14O3/c1-7(9(10)11)5-8-3-2-4-12-6-8/h5,8H,2-4,6H2,1H3,(H,10,11)/b7-5+. The van der Waals surface area contributed by atoms with Gasteiger partial charge in [0, 0.05) is 18.1 Å². The molecule has 0 aromatic rings. The fourth-order valence-corrected chi connectivity index (χ4v) is 1.32. The molecule has 1 N–H and O–H groups in total. The van der Waals surface area contributed by atoms with Crippen molar-refractivity contribution in [3.8, 4) is 0 Å². The van der Waals surface area contributed by atoms with Crippen LogP contribution in [0, 0.1) is 5.92 Å². The number of carboxylic acid groups (broad SMARTS) is 1. The minimum absolute atomic E-state index is 0.301. The van der Waals surface area contributed by atoms with Gasteiger partial charge in [0.2, 0.25) is 0 Å². The lowest BCUT2D eigenvalue weighted by Crippen LogP contribution is -2.16. The van der Waals surface area contributed by atoms with E-state index in [1.807, 2.05) is 0 Å². The van der Waals surface area contributed by atoms with Crippen LogP contribution >= 0.6 is 0 Å². The zero-order chi connectivity index (χ0) is 8.97. The number of hydrogen-bond donors (Lipinski definition) is 1. The van der Waals surface area contributed by atoms with Gasteiger partial charge in [0.15, 0.2) is 0 Å². The van der Waals surface area contributed by atoms with Gasteiger partial charge in [-0.15, -0.1) is 0 Å². The highest BCUT2D eigenvalue weighted by atomic mass is 16.5. The van der Waals surface area contributed by atoms with Gasteiger partial charge in [-0.25, -0.2) is 4.79 Å². The second kappa shape index (κ2) is 4.26. The molecule has 68 valence electrons. The van der Waals surface area contributed by atoms with E-state index in [1.165, 1.54) is 0 Å². The molecule has 0 aromatic carbocycles. The third-order valence-corrected chi connectivity index (χ3v) is 2.02. The number of carbonyl (C=O) groups is 1. The SMILES string of the molecule is C/C(=C\C1CCCOC1)C(=O)O. The van der Waals surface area contributed by atoms with Crippen molar-refractivity contribution in [1.29, 1.82) is 0 Å². The third kappa shape index (κ3) is 2.66. The third-order valence-electron chi connectivity index (χ3n) is 2.02. The van der Waals surface area contributed by atoms with Crippen LogP contribution in [0.25, 0.3) is 0 Å². The molecule has 1 aliphatic rings. The Morgan fingerprint density at radius 1 is 1.67 bits per heavy atom. The second-order valence-electron chi connectivity index (χ2n) is 3.13. The first-order valence-electron chi connectivity index (χ1n) is 4.19. The Kier molecular flexibility index (Phi) is 3.29. The van der Waals surface area contributed by atoms with Crippen molar-refractivity contribution in [2.75, 3.05) is 13.2 Å². The van der Waals surface area contributed by atoms with E-state index in [9.17, 15) is 4.79 Å². The summed E-state index contributed by atoms with van der Waals surface area (Å²) in [6.07, 6.45) is 3.88. The number of carboxylic acids is 1. The van der Waals surface area contributed by atoms with Crippen LogP contribution in [0.5, 0.6) is 0 Å². The summed E-state index contributed by atoms with van der Waals surface area (Å²) in [7, 11) is 0. The maximum Gasteiger partial charge on any atom is 0.330 e. The smallest absolute Gasteiger partial charge is 0.330 e. The average molecular weight is 170 g/mol. The molecule has 1 fully saturated rings. The molecule has 1 heterocycles. The summed E-state index contributed by atoms with van der Waals surface area (Å²) in [5.74, 6) is -0.532. The lowest BCUT2D eigenvalue weighted by molar-refractivity contribution is -0.132. The van der Waals surface area contributed by atoms with Crippen LogP contribution in [0.1, 0.15) is 19.8 Å². The van der Waals surface area contributed by atoms with E-state index in [4.69, 9.17) is 9.84 Å². The van der Waals surface area contributed by atoms with Crippen LogP contribution in [0.4, 0.5) is 0 Å². The average Bonchev–Trinajstić information content (AvgIpc) is 2.06. The summed E-state index contributed by atoms with van der Waals surface area (Å²) in [6, 6.07) is 0. The number of hydrogen-bond acceptors (Lipinski definition) is 2. The molecular weight excluding hydrogens is 156 g/mol. The molecule has 0 aromatic heterocycles. The number of aliphatic carboxylic acids is 1. The molecule has 0 spiro atoms. The van der Waals surface area contributed by atoms with Gasteiger partial charge in [0.05, 0.1) is 6.61 Å². The second-order valence-corrected chi connectivity index (χ2v) is 3.13. The normalized spacial score (nSPS) is 25.4. The van der Waals surface area contributed by atoms with E-state index in [2.05, 4.69) is 0 Å². The van der Waals surface area contributed by atoms with Crippen LogP contribution in [0.2, 0.25) is 0 Å². The van der Waals surface area contributed by atoms with Crippen LogP contribution in [0.3, 0.4) is 0 Å². The minimum atomic E-state index is -0.833. The van der Waals surface area contributed by atoms with Crippen molar-refractivity contribution in [2.45, 2.75) is 19.8 Å². The largest absolute Gasteiger partial charge is 0.478 e. The highest BCUT2D eigenvalue weighted by Crippen LogP contribution is 2.16. The predicted molar refractivity (Wildman–Crippen MR) is 44.9 cm³/mol. The summed E-state index contributed by atoms with van der Waals surface area (Å²) in [5.41, 5.74) is 0.422. The Morgan fingerprint density at radius 2 is 2.42 bits per heavy atom. The summed E-state index contributed by atoms with van der Waals surface area (Å²) in [4.78, 5) is 10.5. The lowest BCUT2D eigenvalue weighted by Gasteiger charge is -2.18. The van der Waals surface area contributed by atoms with Gasteiger partial charge in [-0.1, -0.05) is 6.08 Å². The molecule has 1 unspecified atom stereocenters. The molecule has 12 heavy (non-hydrogen) atoms. The van der Waals surface area contributed by atoms with E-state index in [1.54, 1.807) is 13.0 Å². The quantitative estimate of drug-likeness (QED) is 0.638. The summed E-state index contributed by atoms with van der Waals surface area (Å²) in [5, 5.41) is 8.60. The highest BCUT2D eigenvalue weighted by Gasteiger charge is 2.12. The Bertz CT molecular complexity index is 190. The molecule has 0 amide bonds. The Hall–Kier alpha value is -0.830. The summed E-state index contributed by atoms with van der Waals surface area (Å²) >= 11 is 0. The van der Waals surface area contributed by atoms with Gasteiger partial charge in [-0.3, -0.25) is 0 Å². The zero-order valence-corrected chi connectivity index (χ0v) is 7.25. The van der Waals surface area contributed by atoms with Crippen molar-refractivity contribution in [1.82, 2.24) is 0 Å². The molecular formula is C9H14O3. The first kappa shape index (κ1) is 9.26. The molecule has 1 aliphatic heterocycles. The van der Waals surface area contributed by atoms with E-state index >= 15 is 0 Å². The summed E-state index contributed by atoms with van der Waals surface area (Å²) < 4.78 is 5.23. The van der Waals surface area contributed by atoms with Gasteiger partial charge < -0.3 is 9.84 Å². The van der Waals surface area contributed by atoms with E-state index in [-0.39, 0.29) is 0 Å². The van der Waals surface area contributed by atoms with Crippen molar-refractivity contribution in [2.24, 2.45) is 5.92 Å². The fourth-order valence-electron chi connectivity index (χ4n) is 1.32. The Morgan fingerprint density at radius 3 is 2.92 bits per heavy atom. The van der Waals surface area contributed by atoms with Crippen LogP contribution in [-0.2, 0) is 9.53 Å². The van der Waals surface area contributed by atoms with Gasteiger partial charge >= 0.3 is 5.97 Å². The zero-order valence-electron chi connectivity index (χ0n) is 7.25. The maximum absolute atomic E-state index is 10.5. The molecule has 1 atom stereocenters. The van der Waals surface area contributed by atoms with Gasteiger partial charge in [-0.05, 0) is 19.8 Å². The number of rotatable bonds is 2. The van der Waals surface area contributed by atoms with Crippen LogP contribution < -0.4 is 0 Å². The number of ether oxygens (including phenoxy) is 1. The van der Waals surface area contributed by atoms with Crippen LogP contribution in [-0.4, -0.2) is 24.3 Å². The Balaban J connectivity index is 2.47. The predicted octanol–water partition coefficient (Wildman–Crippen LogP) is 1.44. The molecule has 3 heteroatoms. The monoisotopic (exact) mass is 170 g/mol. The van der Waals surface area contributed by atoms with E-state index in [0.29, 0.717) is 18.1 Å². The first-order valence-corrected chi connectivity index (χ1v) is 4.19. The molecule has 0 bridgehead atoms. The van der Waals surface area contributed by atoms with Crippen molar-refractivity contribution in [3.05, 3.63) is 11.6 Å². The topological polar surface area (TPSA) is 46.5 Å². The van der Waals surface area contributed by atoms with Crippen LogP contribution in [0.15, 0.2) is 11.6 Å². The molecule has 1 rings (SSSR count). The Labute approximate surface area is 72.0 Å². The van der Waals surface area contributed by atoms with E-state index in [0.717, 1.165) is 19.4 Å². The van der Waals surface area contributed by atoms with E-state index < -0.39 is 5.97 Å². The molecule has 0 saturated carbocycles. The summed E-state index contributed by atoms with van der Waals surface area (Å²) in [6.45, 7) is 3.11. The van der Waals surface area contributed by atoms with Gasteiger partial charge in [0.1, 0.15) is 0 Å². The molecule has 1 saturated heterocycles. The molecule has 3 nitrogen and oxygen atoms in total. The molecule has 0 radical (unpaired) electrons. The lowest BCUT2D eigenvalue weighted by atomic mass is 10.00. The van der Waals surface area contributed by atoms with Gasteiger partial charge in [0.25, 0.3) is 0 Å². The van der Waals surface area contributed by atoms with Gasteiger partial charge in [-0.2, -0.15) is 0 Å². The van der Waals surface area contributed by atoms with Crippen molar-refractivity contribution in [3.63, 3.8) is 0 Å². The fraction of sp³-hybridized carbons (Fsp3) is 0.667. The van der Waals surface area contributed by atoms with Crippen molar-refractivity contribution >= 4 is 5.97 Å².